The van der Waals surface area contributed by atoms with E-state index in [2.05, 4.69) is 0 Å². The Hall–Kier alpha value is -0.810. The van der Waals surface area contributed by atoms with Crippen molar-refractivity contribution in [2.24, 2.45) is 5.92 Å². The number of hydrogen-bond acceptors (Lipinski definition) is 8. The van der Waals surface area contributed by atoms with Crippen molar-refractivity contribution >= 4 is 5.97 Å². The van der Waals surface area contributed by atoms with Crippen LogP contribution in [0.3, 0.4) is 0 Å². The number of carboxylic acids is 1. The molecule has 0 aliphatic carbocycles. The molecule has 9 heteroatoms. The lowest BCUT2D eigenvalue weighted by atomic mass is 9.98. The standard InChI is InChI=1S/C17H32O9/c1-11(2)8-23-9-12-14(21-3)15(22-4)16(24-7-5-6-18)17(26-12)25-10-13(19)20/h11-12,14-18H,5-10H2,1-4H3,(H,19,20)/t12-,14-,15+,16+,17-/m1/s1. The fourth-order valence-corrected chi connectivity index (χ4v) is 2.73. The second kappa shape index (κ2) is 12.6. The smallest absolute Gasteiger partial charge is 0.329 e. The highest BCUT2D eigenvalue weighted by Gasteiger charge is 2.48. The van der Waals surface area contributed by atoms with Gasteiger partial charge >= 0.3 is 5.97 Å². The number of methoxy groups -OCH3 is 2. The van der Waals surface area contributed by atoms with Crippen molar-refractivity contribution in [2.45, 2.75) is 51.0 Å². The first-order valence-electron chi connectivity index (χ1n) is 8.79. The molecule has 0 spiro atoms. The van der Waals surface area contributed by atoms with Crippen LogP contribution < -0.4 is 0 Å². The molecular weight excluding hydrogens is 348 g/mol. The number of hydrogen-bond donors (Lipinski definition) is 2. The summed E-state index contributed by atoms with van der Waals surface area (Å²) in [7, 11) is 3.06. The molecule has 1 heterocycles. The first-order chi connectivity index (χ1) is 12.4. The van der Waals surface area contributed by atoms with Gasteiger partial charge in [0.05, 0.1) is 6.61 Å². The van der Waals surface area contributed by atoms with Gasteiger partial charge in [-0.05, 0) is 12.3 Å². The van der Waals surface area contributed by atoms with Crippen molar-refractivity contribution in [3.63, 3.8) is 0 Å². The average Bonchev–Trinajstić information content (AvgIpc) is 2.60. The van der Waals surface area contributed by atoms with Crippen LogP contribution in [0, 0.1) is 5.92 Å². The number of ether oxygens (including phenoxy) is 6. The van der Waals surface area contributed by atoms with Crippen molar-refractivity contribution in [3.8, 4) is 0 Å². The molecular formula is C17H32O9. The predicted molar refractivity (Wildman–Crippen MR) is 90.9 cm³/mol. The number of rotatable bonds is 13. The molecule has 1 fully saturated rings. The van der Waals surface area contributed by atoms with E-state index in [-0.39, 0.29) is 19.8 Å². The summed E-state index contributed by atoms with van der Waals surface area (Å²) in [5.41, 5.74) is 0. The number of carboxylic acid groups (broad SMARTS) is 1. The fraction of sp³-hybridized carbons (Fsp3) is 0.941. The molecule has 0 aromatic rings. The molecule has 0 saturated carbocycles. The molecule has 2 N–H and O–H groups in total. The van der Waals surface area contributed by atoms with Gasteiger partial charge in [0.15, 0.2) is 6.29 Å². The van der Waals surface area contributed by atoms with Crippen LogP contribution in [-0.4, -0.2) is 94.1 Å². The lowest BCUT2D eigenvalue weighted by Gasteiger charge is -2.44. The third kappa shape index (κ3) is 7.43. The maximum absolute atomic E-state index is 10.9. The van der Waals surface area contributed by atoms with Gasteiger partial charge in [0, 0.05) is 34.0 Å². The van der Waals surface area contributed by atoms with E-state index in [1.807, 2.05) is 13.8 Å². The maximum atomic E-state index is 10.9. The zero-order chi connectivity index (χ0) is 19.5. The van der Waals surface area contributed by atoms with Gasteiger partial charge in [-0.25, -0.2) is 4.79 Å². The van der Waals surface area contributed by atoms with Crippen LogP contribution in [0.4, 0.5) is 0 Å². The quantitative estimate of drug-likeness (QED) is 0.435. The molecule has 0 aromatic carbocycles. The molecule has 1 aliphatic rings. The SMILES string of the molecule is CO[C@@H]1[C@H](OCCCO)[C@H](OCC(=O)O)O[C@H](COCC(C)C)[C@H]1OC. The topological polar surface area (TPSA) is 113 Å². The monoisotopic (exact) mass is 380 g/mol. The minimum Gasteiger partial charge on any atom is -0.480 e. The maximum Gasteiger partial charge on any atom is 0.329 e. The summed E-state index contributed by atoms with van der Waals surface area (Å²) in [6, 6.07) is 0. The Bertz CT molecular complexity index is 390. The van der Waals surface area contributed by atoms with E-state index >= 15 is 0 Å². The highest BCUT2D eigenvalue weighted by Crippen LogP contribution is 2.28. The second-order valence-corrected chi connectivity index (χ2v) is 6.49. The highest BCUT2D eigenvalue weighted by molar-refractivity contribution is 5.68. The van der Waals surface area contributed by atoms with Gasteiger partial charge in [-0.15, -0.1) is 0 Å². The highest BCUT2D eigenvalue weighted by atomic mass is 16.7. The van der Waals surface area contributed by atoms with E-state index in [0.29, 0.717) is 18.9 Å². The first-order valence-corrected chi connectivity index (χ1v) is 8.79. The summed E-state index contributed by atoms with van der Waals surface area (Å²) in [6.45, 7) is 4.60. The molecule has 5 atom stereocenters. The van der Waals surface area contributed by atoms with Gasteiger partial charge in [0.1, 0.15) is 31.0 Å². The van der Waals surface area contributed by atoms with Crippen LogP contribution in [0.1, 0.15) is 20.3 Å². The normalized spacial score (nSPS) is 29.2. The number of aliphatic hydroxyl groups excluding tert-OH is 1. The van der Waals surface area contributed by atoms with Crippen LogP contribution in [-0.2, 0) is 33.2 Å². The van der Waals surface area contributed by atoms with Gasteiger partial charge in [0.25, 0.3) is 0 Å². The van der Waals surface area contributed by atoms with Crippen LogP contribution >= 0.6 is 0 Å². The lowest BCUT2D eigenvalue weighted by Crippen LogP contribution is -2.61. The molecule has 0 unspecified atom stereocenters. The molecule has 0 aromatic heterocycles. The molecule has 0 amide bonds. The first kappa shape index (κ1) is 23.2. The molecule has 154 valence electrons. The van der Waals surface area contributed by atoms with Crippen molar-refractivity contribution in [1.82, 2.24) is 0 Å². The van der Waals surface area contributed by atoms with E-state index in [0.717, 1.165) is 0 Å². The zero-order valence-electron chi connectivity index (χ0n) is 16.0. The van der Waals surface area contributed by atoms with Crippen LogP contribution in [0.2, 0.25) is 0 Å². The van der Waals surface area contributed by atoms with Gasteiger partial charge in [-0.1, -0.05) is 13.8 Å². The summed E-state index contributed by atoms with van der Waals surface area (Å²) in [4.78, 5) is 10.9. The van der Waals surface area contributed by atoms with Gasteiger partial charge in [0.2, 0.25) is 0 Å². The molecule has 1 rings (SSSR count). The van der Waals surface area contributed by atoms with E-state index in [4.69, 9.17) is 38.6 Å². The Labute approximate surface area is 154 Å². The number of aliphatic hydroxyl groups is 1. The Balaban J connectivity index is 2.86. The van der Waals surface area contributed by atoms with Crippen molar-refractivity contribution < 1.29 is 43.4 Å². The van der Waals surface area contributed by atoms with Crippen LogP contribution in [0.25, 0.3) is 0 Å². The van der Waals surface area contributed by atoms with Crippen LogP contribution in [0.5, 0.6) is 0 Å². The lowest BCUT2D eigenvalue weighted by molar-refractivity contribution is -0.317. The molecule has 9 nitrogen and oxygen atoms in total. The summed E-state index contributed by atoms with van der Waals surface area (Å²) in [6.07, 6.45) is -2.74. The third-order valence-electron chi connectivity index (χ3n) is 3.85. The van der Waals surface area contributed by atoms with Gasteiger partial charge < -0.3 is 38.6 Å². The molecule has 1 saturated heterocycles. The summed E-state index contributed by atoms with van der Waals surface area (Å²) >= 11 is 0. The third-order valence-corrected chi connectivity index (χ3v) is 3.85. The number of aliphatic carboxylic acids is 1. The number of carbonyl (C=O) groups is 1. The Kier molecular flexibility index (Phi) is 11.2. The summed E-state index contributed by atoms with van der Waals surface area (Å²) < 4.78 is 33.8. The zero-order valence-corrected chi connectivity index (χ0v) is 16.0. The summed E-state index contributed by atoms with van der Waals surface area (Å²) in [5, 5.41) is 17.8. The average molecular weight is 380 g/mol. The van der Waals surface area contributed by atoms with Crippen molar-refractivity contribution in [3.05, 3.63) is 0 Å². The minimum absolute atomic E-state index is 0.0226. The molecule has 0 bridgehead atoms. The van der Waals surface area contributed by atoms with E-state index < -0.39 is 43.3 Å². The Morgan fingerprint density at radius 3 is 2.35 bits per heavy atom. The Morgan fingerprint density at radius 1 is 1.12 bits per heavy atom. The van der Waals surface area contributed by atoms with Crippen LogP contribution in [0.15, 0.2) is 0 Å². The van der Waals surface area contributed by atoms with E-state index in [9.17, 15) is 4.79 Å². The minimum atomic E-state index is -1.11. The van der Waals surface area contributed by atoms with E-state index in [1.165, 1.54) is 7.11 Å². The largest absolute Gasteiger partial charge is 0.480 e. The summed E-state index contributed by atoms with van der Waals surface area (Å²) in [5.74, 6) is -0.746. The van der Waals surface area contributed by atoms with Gasteiger partial charge in [-0.3, -0.25) is 0 Å². The van der Waals surface area contributed by atoms with E-state index in [1.54, 1.807) is 7.11 Å². The molecule has 1 aliphatic heterocycles. The second-order valence-electron chi connectivity index (χ2n) is 6.49. The fourth-order valence-electron chi connectivity index (χ4n) is 2.73. The molecule has 0 radical (unpaired) electrons. The Morgan fingerprint density at radius 2 is 1.81 bits per heavy atom. The predicted octanol–water partition coefficient (Wildman–Crippen LogP) is 0.283. The van der Waals surface area contributed by atoms with Crippen molar-refractivity contribution in [1.29, 1.82) is 0 Å². The molecule has 26 heavy (non-hydrogen) atoms. The van der Waals surface area contributed by atoms with Gasteiger partial charge in [-0.2, -0.15) is 0 Å². The van der Waals surface area contributed by atoms with Crippen molar-refractivity contribution in [2.75, 3.05) is 47.3 Å².